The molecule has 0 saturated heterocycles. The van der Waals surface area contributed by atoms with Crippen molar-refractivity contribution >= 4 is 35.9 Å². The third-order valence-electron chi connectivity index (χ3n) is 2.86. The molecule has 0 aliphatic heterocycles. The smallest absolute Gasteiger partial charge is 0.400 e. The monoisotopic (exact) mass is 349 g/mol. The average Bonchev–Trinajstić information content (AvgIpc) is 3.13. The minimum atomic E-state index is -0.629. The van der Waals surface area contributed by atoms with E-state index in [4.69, 9.17) is 28.2 Å². The molecule has 0 spiro atoms. The molecule has 1 aromatic carbocycles. The molecule has 2 aromatic heterocycles. The Morgan fingerprint density at radius 2 is 2.17 bits per heavy atom. The summed E-state index contributed by atoms with van der Waals surface area (Å²) in [5.41, 5.74) is 0.643. The molecule has 0 radical (unpaired) electrons. The number of hydrogen-bond acceptors (Lipinski definition) is 6. The topological polar surface area (TPSA) is 102 Å². The van der Waals surface area contributed by atoms with E-state index in [1.54, 1.807) is 18.2 Å². The van der Waals surface area contributed by atoms with Gasteiger partial charge in [-0.1, -0.05) is 23.7 Å². The van der Waals surface area contributed by atoms with E-state index in [2.05, 4.69) is 15.3 Å². The predicted octanol–water partition coefficient (Wildman–Crippen LogP) is 3.64. The zero-order chi connectivity index (χ0) is 16.4. The highest BCUT2D eigenvalue weighted by Gasteiger charge is 2.13. The molecule has 1 N–H and O–H groups in total. The standard InChI is InChI=1S/C13H8ClN5O3S/c14-10-4-2-1-3-9(10)12-16-17-13(23)18(12)15-7-8-5-6-11(22-8)19(20)21/h1-7H,(H,17,23)/b15-7-. The molecular formula is C13H8ClN5O3S. The van der Waals surface area contributed by atoms with E-state index in [9.17, 15) is 10.1 Å². The van der Waals surface area contributed by atoms with Crippen LogP contribution in [-0.4, -0.2) is 26.0 Å². The first-order chi connectivity index (χ1) is 11.1. The molecule has 8 nitrogen and oxygen atoms in total. The number of H-pyrrole nitrogens is 1. The highest BCUT2D eigenvalue weighted by Crippen LogP contribution is 2.26. The molecule has 0 saturated carbocycles. The molecule has 0 aliphatic rings. The second kappa shape index (κ2) is 6.15. The first kappa shape index (κ1) is 15.1. The molecule has 23 heavy (non-hydrogen) atoms. The fourth-order valence-corrected chi connectivity index (χ4v) is 2.24. The van der Waals surface area contributed by atoms with Crippen molar-refractivity contribution in [1.29, 1.82) is 0 Å². The fraction of sp³-hybridized carbons (Fsp3) is 0. The van der Waals surface area contributed by atoms with Gasteiger partial charge in [0.2, 0.25) is 4.77 Å². The molecule has 0 amide bonds. The summed E-state index contributed by atoms with van der Waals surface area (Å²) in [5.74, 6) is 0.261. The number of rotatable bonds is 4. The normalized spacial score (nSPS) is 11.2. The van der Waals surface area contributed by atoms with Crippen LogP contribution in [0, 0.1) is 14.9 Å². The number of hydrogen-bond donors (Lipinski definition) is 1. The van der Waals surface area contributed by atoms with Gasteiger partial charge < -0.3 is 4.42 Å². The number of halogens is 1. The minimum Gasteiger partial charge on any atom is -0.400 e. The predicted molar refractivity (Wildman–Crippen MR) is 86.2 cm³/mol. The highest BCUT2D eigenvalue weighted by atomic mass is 35.5. The lowest BCUT2D eigenvalue weighted by Crippen LogP contribution is -1.95. The van der Waals surface area contributed by atoms with Crippen LogP contribution in [0.5, 0.6) is 0 Å². The van der Waals surface area contributed by atoms with Crippen LogP contribution in [0.15, 0.2) is 45.9 Å². The Morgan fingerprint density at radius 3 is 2.87 bits per heavy atom. The van der Waals surface area contributed by atoms with Crippen molar-refractivity contribution in [3.8, 4) is 11.4 Å². The summed E-state index contributed by atoms with van der Waals surface area (Å²) >= 11 is 11.3. The molecule has 0 unspecified atom stereocenters. The second-order valence-corrected chi connectivity index (χ2v) is 5.12. The van der Waals surface area contributed by atoms with Crippen LogP contribution < -0.4 is 0 Å². The molecule has 0 fully saturated rings. The first-order valence-electron chi connectivity index (χ1n) is 6.27. The van der Waals surface area contributed by atoms with Gasteiger partial charge >= 0.3 is 5.88 Å². The number of nitrogens with one attached hydrogen (secondary N) is 1. The van der Waals surface area contributed by atoms with Gasteiger partial charge in [-0.3, -0.25) is 10.1 Å². The number of furan rings is 1. The molecule has 0 aliphatic carbocycles. The van der Waals surface area contributed by atoms with Crippen LogP contribution in [-0.2, 0) is 0 Å². The van der Waals surface area contributed by atoms with Gasteiger partial charge in [0.1, 0.15) is 4.92 Å². The van der Waals surface area contributed by atoms with Crippen LogP contribution in [0.4, 0.5) is 5.88 Å². The molecule has 2 heterocycles. The highest BCUT2D eigenvalue weighted by molar-refractivity contribution is 7.71. The quantitative estimate of drug-likeness (QED) is 0.335. The Hall–Kier alpha value is -2.78. The fourth-order valence-electron chi connectivity index (χ4n) is 1.84. The third kappa shape index (κ3) is 3.05. The van der Waals surface area contributed by atoms with Crippen molar-refractivity contribution in [2.75, 3.05) is 0 Å². The summed E-state index contributed by atoms with van der Waals surface area (Å²) < 4.78 is 6.60. The number of aromatic nitrogens is 3. The zero-order valence-electron chi connectivity index (χ0n) is 11.3. The van der Waals surface area contributed by atoms with Crippen molar-refractivity contribution in [2.45, 2.75) is 0 Å². The van der Waals surface area contributed by atoms with E-state index in [1.165, 1.54) is 23.0 Å². The van der Waals surface area contributed by atoms with E-state index >= 15 is 0 Å². The van der Waals surface area contributed by atoms with E-state index in [1.807, 2.05) is 6.07 Å². The Bertz CT molecular complexity index is 958. The zero-order valence-corrected chi connectivity index (χ0v) is 12.9. The second-order valence-electron chi connectivity index (χ2n) is 4.32. The Morgan fingerprint density at radius 1 is 1.39 bits per heavy atom. The van der Waals surface area contributed by atoms with Gasteiger partial charge in [0, 0.05) is 5.56 Å². The number of nitro groups is 1. The Labute approximate surface area is 139 Å². The van der Waals surface area contributed by atoms with E-state index in [-0.39, 0.29) is 16.4 Å². The van der Waals surface area contributed by atoms with Gasteiger partial charge in [0.15, 0.2) is 11.6 Å². The maximum atomic E-state index is 10.6. The lowest BCUT2D eigenvalue weighted by atomic mass is 10.2. The summed E-state index contributed by atoms with van der Waals surface area (Å²) in [6, 6.07) is 9.77. The van der Waals surface area contributed by atoms with Crippen molar-refractivity contribution in [1.82, 2.24) is 14.9 Å². The van der Waals surface area contributed by atoms with Crippen molar-refractivity contribution in [3.63, 3.8) is 0 Å². The SMILES string of the molecule is O=[N+]([O-])c1ccc(/C=N\n2c(-c3ccccc3Cl)n[nH]c2=S)o1. The number of benzene rings is 1. The largest absolute Gasteiger partial charge is 0.433 e. The molecule has 116 valence electrons. The minimum absolute atomic E-state index is 0.213. The summed E-state index contributed by atoms with van der Waals surface area (Å²) in [7, 11) is 0. The number of aromatic amines is 1. The van der Waals surface area contributed by atoms with Crippen LogP contribution in [0.2, 0.25) is 5.02 Å². The summed E-state index contributed by atoms with van der Waals surface area (Å²) in [4.78, 5) is 9.96. The van der Waals surface area contributed by atoms with Gasteiger partial charge in [-0.25, -0.2) is 5.10 Å². The van der Waals surface area contributed by atoms with Gasteiger partial charge in [-0.15, -0.1) is 0 Å². The molecule has 0 bridgehead atoms. The van der Waals surface area contributed by atoms with Crippen LogP contribution >= 0.6 is 23.8 Å². The number of nitrogens with zero attached hydrogens (tertiary/aromatic N) is 4. The molecule has 10 heteroatoms. The lowest BCUT2D eigenvalue weighted by molar-refractivity contribution is -0.402. The van der Waals surface area contributed by atoms with Gasteiger partial charge in [-0.05, 0) is 30.4 Å². The van der Waals surface area contributed by atoms with Crippen LogP contribution in [0.25, 0.3) is 11.4 Å². The summed E-state index contributed by atoms with van der Waals surface area (Å²) in [6.45, 7) is 0. The lowest BCUT2D eigenvalue weighted by Gasteiger charge is -2.02. The molecule has 0 atom stereocenters. The van der Waals surface area contributed by atoms with Gasteiger partial charge in [0.25, 0.3) is 0 Å². The van der Waals surface area contributed by atoms with Crippen LogP contribution in [0.3, 0.4) is 0 Å². The molecule has 3 aromatic rings. The van der Waals surface area contributed by atoms with Crippen molar-refractivity contribution < 1.29 is 9.34 Å². The van der Waals surface area contributed by atoms with E-state index < -0.39 is 4.92 Å². The Balaban J connectivity index is 1.99. The van der Waals surface area contributed by atoms with E-state index in [0.29, 0.717) is 16.4 Å². The van der Waals surface area contributed by atoms with Crippen LogP contribution in [0.1, 0.15) is 5.76 Å². The van der Waals surface area contributed by atoms with Gasteiger partial charge in [0.05, 0.1) is 17.3 Å². The maximum Gasteiger partial charge on any atom is 0.433 e. The third-order valence-corrected chi connectivity index (χ3v) is 3.45. The van der Waals surface area contributed by atoms with Crippen molar-refractivity contribution in [2.24, 2.45) is 5.10 Å². The molecular weight excluding hydrogens is 342 g/mol. The van der Waals surface area contributed by atoms with Crippen molar-refractivity contribution in [3.05, 3.63) is 62.1 Å². The average molecular weight is 350 g/mol. The summed E-state index contributed by atoms with van der Waals surface area (Å²) in [5, 5.41) is 22.0. The Kier molecular flexibility index (Phi) is 4.04. The van der Waals surface area contributed by atoms with E-state index in [0.717, 1.165) is 0 Å². The summed E-state index contributed by atoms with van der Waals surface area (Å²) in [6.07, 6.45) is 1.30. The molecule has 3 rings (SSSR count). The first-order valence-corrected chi connectivity index (χ1v) is 7.06. The maximum absolute atomic E-state index is 10.6. The van der Waals surface area contributed by atoms with Gasteiger partial charge in [-0.2, -0.15) is 14.9 Å².